The molecule has 2 N–H and O–H groups in total. The van der Waals surface area contributed by atoms with Crippen molar-refractivity contribution in [3.63, 3.8) is 0 Å². The lowest BCUT2D eigenvalue weighted by molar-refractivity contribution is -0.222. The van der Waals surface area contributed by atoms with Gasteiger partial charge in [-0.15, -0.1) is 0 Å². The maximum atomic E-state index is 9.53. The molecule has 1 aliphatic rings. The van der Waals surface area contributed by atoms with Gasteiger partial charge in [-0.05, 0) is 17.9 Å². The second-order valence-corrected chi connectivity index (χ2v) is 5.32. The van der Waals surface area contributed by atoms with Gasteiger partial charge in [-0.3, -0.25) is 0 Å². The molecule has 106 valence electrons. The predicted molar refractivity (Wildman–Crippen MR) is 71.7 cm³/mol. The smallest absolute Gasteiger partial charge is 0.140 e. The van der Waals surface area contributed by atoms with E-state index in [1.165, 1.54) is 0 Å². The summed E-state index contributed by atoms with van der Waals surface area (Å²) in [6.07, 6.45) is 0.500. The first-order chi connectivity index (χ1) is 9.20. The van der Waals surface area contributed by atoms with Crippen LogP contribution in [0.4, 0.5) is 0 Å². The molecule has 4 heteroatoms. The summed E-state index contributed by atoms with van der Waals surface area (Å²) in [6, 6.07) is 9.87. The SMILES string of the molecule is CC1COC(CO)(CO)C(OCc2ccccc2)C1. The second kappa shape index (κ2) is 6.48. The van der Waals surface area contributed by atoms with Gasteiger partial charge in [0.25, 0.3) is 0 Å². The Hall–Kier alpha value is -0.940. The van der Waals surface area contributed by atoms with Crippen LogP contribution in [-0.2, 0) is 16.1 Å². The zero-order valence-electron chi connectivity index (χ0n) is 11.3. The molecule has 1 saturated heterocycles. The molecular weight excluding hydrogens is 244 g/mol. The highest BCUT2D eigenvalue weighted by Crippen LogP contribution is 2.31. The number of hydrogen-bond acceptors (Lipinski definition) is 4. The third kappa shape index (κ3) is 3.34. The van der Waals surface area contributed by atoms with Gasteiger partial charge in [0.15, 0.2) is 0 Å². The van der Waals surface area contributed by atoms with Crippen LogP contribution in [0, 0.1) is 5.92 Å². The number of hydrogen-bond donors (Lipinski definition) is 2. The van der Waals surface area contributed by atoms with Gasteiger partial charge in [0.05, 0.1) is 32.5 Å². The third-order valence-electron chi connectivity index (χ3n) is 3.69. The van der Waals surface area contributed by atoms with Gasteiger partial charge in [-0.25, -0.2) is 0 Å². The Bertz CT molecular complexity index is 375. The summed E-state index contributed by atoms with van der Waals surface area (Å²) in [6.45, 7) is 2.64. The molecule has 1 fully saturated rings. The van der Waals surface area contributed by atoms with Gasteiger partial charge < -0.3 is 19.7 Å². The normalized spacial score (nSPS) is 26.3. The van der Waals surface area contributed by atoms with E-state index in [4.69, 9.17) is 9.47 Å². The maximum absolute atomic E-state index is 9.53. The number of ether oxygens (including phenoxy) is 2. The molecule has 0 aliphatic carbocycles. The molecule has 0 aromatic heterocycles. The molecule has 2 unspecified atom stereocenters. The summed E-state index contributed by atoms with van der Waals surface area (Å²) >= 11 is 0. The standard InChI is InChI=1S/C15H22O4/c1-12-7-14(15(10-16,11-17)19-8-12)18-9-13-5-3-2-4-6-13/h2-6,12,14,16-17H,7-11H2,1H3. The van der Waals surface area contributed by atoms with Crippen molar-refractivity contribution in [1.82, 2.24) is 0 Å². The van der Waals surface area contributed by atoms with Crippen LogP contribution in [-0.4, -0.2) is 41.7 Å². The van der Waals surface area contributed by atoms with Crippen molar-refractivity contribution in [2.45, 2.75) is 31.7 Å². The Morgan fingerprint density at radius 3 is 2.58 bits per heavy atom. The quantitative estimate of drug-likeness (QED) is 0.844. The van der Waals surface area contributed by atoms with Crippen molar-refractivity contribution < 1.29 is 19.7 Å². The first-order valence-electron chi connectivity index (χ1n) is 6.71. The predicted octanol–water partition coefficient (Wildman–Crippen LogP) is 1.35. The summed E-state index contributed by atoms with van der Waals surface area (Å²) in [4.78, 5) is 0. The fourth-order valence-corrected chi connectivity index (χ4v) is 2.39. The molecule has 19 heavy (non-hydrogen) atoms. The van der Waals surface area contributed by atoms with E-state index in [1.54, 1.807) is 0 Å². The van der Waals surface area contributed by atoms with E-state index in [0.29, 0.717) is 19.1 Å². The Morgan fingerprint density at radius 1 is 1.26 bits per heavy atom. The highest BCUT2D eigenvalue weighted by atomic mass is 16.6. The molecule has 0 radical (unpaired) electrons. The number of rotatable bonds is 5. The number of aliphatic hydroxyl groups excluding tert-OH is 2. The average Bonchev–Trinajstić information content (AvgIpc) is 2.47. The summed E-state index contributed by atoms with van der Waals surface area (Å²) in [5.74, 6) is 0.368. The van der Waals surface area contributed by atoms with Crippen LogP contribution in [0.2, 0.25) is 0 Å². The Balaban J connectivity index is 2.02. The molecule has 1 aliphatic heterocycles. The van der Waals surface area contributed by atoms with Gasteiger partial charge in [-0.1, -0.05) is 37.3 Å². The van der Waals surface area contributed by atoms with E-state index >= 15 is 0 Å². The molecule has 0 saturated carbocycles. The topological polar surface area (TPSA) is 58.9 Å². The first kappa shape index (κ1) is 14.5. The average molecular weight is 266 g/mol. The zero-order valence-corrected chi connectivity index (χ0v) is 11.3. The molecule has 0 spiro atoms. The van der Waals surface area contributed by atoms with Gasteiger partial charge in [-0.2, -0.15) is 0 Å². The fourth-order valence-electron chi connectivity index (χ4n) is 2.39. The minimum Gasteiger partial charge on any atom is -0.393 e. The minimum absolute atomic E-state index is 0.227. The molecule has 1 aromatic carbocycles. The lowest BCUT2D eigenvalue weighted by Gasteiger charge is -2.43. The third-order valence-corrected chi connectivity index (χ3v) is 3.69. The van der Waals surface area contributed by atoms with E-state index in [-0.39, 0.29) is 19.3 Å². The largest absolute Gasteiger partial charge is 0.393 e. The highest BCUT2D eigenvalue weighted by Gasteiger charge is 2.44. The molecule has 1 heterocycles. The summed E-state index contributed by atoms with van der Waals surface area (Å²) < 4.78 is 11.5. The van der Waals surface area contributed by atoms with E-state index in [2.05, 4.69) is 6.92 Å². The molecule has 4 nitrogen and oxygen atoms in total. The van der Waals surface area contributed by atoms with E-state index in [1.807, 2.05) is 30.3 Å². The second-order valence-electron chi connectivity index (χ2n) is 5.32. The molecule has 0 amide bonds. The lowest BCUT2D eigenvalue weighted by Crippen LogP contribution is -2.56. The van der Waals surface area contributed by atoms with Crippen molar-refractivity contribution in [3.05, 3.63) is 35.9 Å². The van der Waals surface area contributed by atoms with Crippen LogP contribution in [0.5, 0.6) is 0 Å². The van der Waals surface area contributed by atoms with Crippen LogP contribution < -0.4 is 0 Å². The zero-order chi connectivity index (χ0) is 13.7. The van der Waals surface area contributed by atoms with Crippen LogP contribution in [0.1, 0.15) is 18.9 Å². The van der Waals surface area contributed by atoms with Gasteiger partial charge in [0, 0.05) is 0 Å². The van der Waals surface area contributed by atoms with E-state index in [9.17, 15) is 10.2 Å². The fraction of sp³-hybridized carbons (Fsp3) is 0.600. The summed E-state index contributed by atoms with van der Waals surface area (Å²) in [5, 5.41) is 19.1. The Labute approximate surface area is 114 Å². The van der Waals surface area contributed by atoms with Gasteiger partial charge >= 0.3 is 0 Å². The number of benzene rings is 1. The van der Waals surface area contributed by atoms with Crippen molar-refractivity contribution in [1.29, 1.82) is 0 Å². The summed E-state index contributed by atoms with van der Waals surface area (Å²) in [5.41, 5.74) is 0.104. The number of aliphatic hydroxyl groups is 2. The highest BCUT2D eigenvalue weighted by molar-refractivity contribution is 5.13. The van der Waals surface area contributed by atoms with E-state index < -0.39 is 5.60 Å². The minimum atomic E-state index is -0.971. The van der Waals surface area contributed by atoms with Gasteiger partial charge in [0.1, 0.15) is 5.60 Å². The Morgan fingerprint density at radius 2 is 1.95 bits per heavy atom. The molecule has 2 atom stereocenters. The monoisotopic (exact) mass is 266 g/mol. The van der Waals surface area contributed by atoms with Crippen LogP contribution in [0.15, 0.2) is 30.3 Å². The lowest BCUT2D eigenvalue weighted by atomic mass is 9.87. The van der Waals surface area contributed by atoms with Crippen molar-refractivity contribution in [3.8, 4) is 0 Å². The van der Waals surface area contributed by atoms with Crippen LogP contribution in [0.3, 0.4) is 0 Å². The maximum Gasteiger partial charge on any atom is 0.140 e. The Kier molecular flexibility index (Phi) is 4.93. The van der Waals surface area contributed by atoms with Crippen molar-refractivity contribution >= 4 is 0 Å². The van der Waals surface area contributed by atoms with Gasteiger partial charge in [0.2, 0.25) is 0 Å². The summed E-state index contributed by atoms with van der Waals surface area (Å²) in [7, 11) is 0. The molecule has 2 rings (SSSR count). The van der Waals surface area contributed by atoms with Crippen molar-refractivity contribution in [2.24, 2.45) is 5.92 Å². The first-order valence-corrected chi connectivity index (χ1v) is 6.71. The molecular formula is C15H22O4. The van der Waals surface area contributed by atoms with Crippen molar-refractivity contribution in [2.75, 3.05) is 19.8 Å². The molecule has 0 bridgehead atoms. The van der Waals surface area contributed by atoms with Crippen LogP contribution >= 0.6 is 0 Å². The van der Waals surface area contributed by atoms with E-state index in [0.717, 1.165) is 12.0 Å². The van der Waals surface area contributed by atoms with Crippen LogP contribution in [0.25, 0.3) is 0 Å². The molecule has 1 aromatic rings.